The smallest absolute Gasteiger partial charge is 0.407 e. The summed E-state index contributed by atoms with van der Waals surface area (Å²) < 4.78 is 5.62. The lowest BCUT2D eigenvalue weighted by molar-refractivity contribution is -0.141. The molecule has 2 aromatic carbocycles. The van der Waals surface area contributed by atoms with E-state index in [9.17, 15) is 14.4 Å². The Bertz CT molecular complexity index is 982. The highest BCUT2D eigenvalue weighted by Gasteiger charge is 2.31. The van der Waals surface area contributed by atoms with Gasteiger partial charge in [-0.25, -0.2) is 4.79 Å². The molecule has 1 aliphatic rings. The first-order valence-corrected chi connectivity index (χ1v) is 12.9. The van der Waals surface area contributed by atoms with Crippen molar-refractivity contribution in [2.24, 2.45) is 0 Å². The Morgan fingerprint density at radius 1 is 1.09 bits per heavy atom. The number of carbonyl (C=O) groups excluding carboxylic acids is 2. The number of alkyl carbamates (subject to hydrolysis) is 1. The van der Waals surface area contributed by atoms with Gasteiger partial charge in [-0.1, -0.05) is 48.5 Å². The molecule has 8 heteroatoms. The molecular formula is C26H32N2O5S. The van der Waals surface area contributed by atoms with Crippen LogP contribution in [0.5, 0.6) is 0 Å². The van der Waals surface area contributed by atoms with Crippen molar-refractivity contribution < 1.29 is 24.2 Å². The molecule has 1 aliphatic carbocycles. The highest BCUT2D eigenvalue weighted by atomic mass is 32.2. The lowest BCUT2D eigenvalue weighted by Gasteiger charge is -2.31. The summed E-state index contributed by atoms with van der Waals surface area (Å²) in [5.74, 6) is -0.658. The minimum absolute atomic E-state index is 0.0683. The zero-order chi connectivity index (χ0) is 24.7. The molecule has 2 aromatic rings. The second-order valence-electron chi connectivity index (χ2n) is 8.38. The third kappa shape index (κ3) is 5.91. The highest BCUT2D eigenvalue weighted by Crippen LogP contribution is 2.44. The zero-order valence-corrected chi connectivity index (χ0v) is 20.6. The fourth-order valence-electron chi connectivity index (χ4n) is 4.52. The van der Waals surface area contributed by atoms with Gasteiger partial charge >= 0.3 is 12.1 Å². The summed E-state index contributed by atoms with van der Waals surface area (Å²) in [5.41, 5.74) is 4.52. The number of hydrogen-bond donors (Lipinski definition) is 2. The molecule has 2 atom stereocenters. The monoisotopic (exact) mass is 484 g/mol. The van der Waals surface area contributed by atoms with E-state index < -0.39 is 24.1 Å². The summed E-state index contributed by atoms with van der Waals surface area (Å²) in [6.45, 7) is 4.02. The first-order valence-electron chi connectivity index (χ1n) is 11.5. The fraction of sp³-hybridized carbons (Fsp3) is 0.423. The second kappa shape index (κ2) is 11.9. The normalized spacial score (nSPS) is 14.0. The average Bonchev–Trinajstić information content (AvgIpc) is 3.14. The molecule has 2 N–H and O–H groups in total. The fourth-order valence-corrected chi connectivity index (χ4v) is 4.99. The van der Waals surface area contributed by atoms with Crippen LogP contribution in [-0.2, 0) is 14.3 Å². The van der Waals surface area contributed by atoms with E-state index in [2.05, 4.69) is 29.6 Å². The molecule has 7 nitrogen and oxygen atoms in total. The number of aliphatic carboxylic acids is 1. The number of carboxylic acid groups (broad SMARTS) is 1. The van der Waals surface area contributed by atoms with Crippen LogP contribution in [0.4, 0.5) is 4.79 Å². The number of thioether (sulfide) groups is 1. The quantitative estimate of drug-likeness (QED) is 0.492. The van der Waals surface area contributed by atoms with Gasteiger partial charge in [0.1, 0.15) is 12.6 Å². The van der Waals surface area contributed by atoms with Gasteiger partial charge in [0.2, 0.25) is 5.91 Å². The molecule has 34 heavy (non-hydrogen) atoms. The number of carboxylic acids is 1. The maximum Gasteiger partial charge on any atom is 0.407 e. The number of amides is 2. The van der Waals surface area contributed by atoms with Crippen molar-refractivity contribution in [1.29, 1.82) is 0 Å². The Labute approximate surface area is 204 Å². The molecule has 0 saturated heterocycles. The average molecular weight is 485 g/mol. The summed E-state index contributed by atoms with van der Waals surface area (Å²) in [7, 11) is 0. The minimum atomic E-state index is -0.969. The molecular weight excluding hydrogens is 452 g/mol. The van der Waals surface area contributed by atoms with E-state index in [0.29, 0.717) is 18.7 Å². The van der Waals surface area contributed by atoms with E-state index in [1.54, 1.807) is 25.6 Å². The Hall–Kier alpha value is -3.00. The molecule has 0 bridgehead atoms. The van der Waals surface area contributed by atoms with Crippen LogP contribution in [0.25, 0.3) is 11.1 Å². The van der Waals surface area contributed by atoms with E-state index in [1.165, 1.54) is 4.90 Å². The number of likely N-dealkylation sites (N-methyl/N-ethyl adjacent to an activating group) is 1. The molecule has 2 unspecified atom stereocenters. The van der Waals surface area contributed by atoms with Crippen LogP contribution in [0.15, 0.2) is 48.5 Å². The molecule has 3 rings (SSSR count). The van der Waals surface area contributed by atoms with Crippen molar-refractivity contribution in [2.45, 2.75) is 44.7 Å². The minimum Gasteiger partial charge on any atom is -0.481 e. The van der Waals surface area contributed by atoms with E-state index >= 15 is 0 Å². The van der Waals surface area contributed by atoms with Crippen LogP contribution in [0.2, 0.25) is 0 Å². The number of rotatable bonds is 11. The Morgan fingerprint density at radius 3 is 2.21 bits per heavy atom. The number of fused-ring (bicyclic) bond motifs is 3. The van der Waals surface area contributed by atoms with Gasteiger partial charge in [0.25, 0.3) is 0 Å². The van der Waals surface area contributed by atoms with Crippen molar-refractivity contribution in [2.75, 3.05) is 25.2 Å². The first-order chi connectivity index (χ1) is 16.4. The largest absolute Gasteiger partial charge is 0.481 e. The molecule has 2 amide bonds. The van der Waals surface area contributed by atoms with Gasteiger partial charge in [0.15, 0.2) is 0 Å². The lowest BCUT2D eigenvalue weighted by Crippen LogP contribution is -2.52. The second-order valence-corrected chi connectivity index (χ2v) is 9.36. The maximum absolute atomic E-state index is 13.2. The Balaban J connectivity index is 1.68. The molecule has 0 fully saturated rings. The number of benzene rings is 2. The van der Waals surface area contributed by atoms with E-state index in [1.807, 2.05) is 30.5 Å². The summed E-state index contributed by atoms with van der Waals surface area (Å²) in [6, 6.07) is 14.9. The van der Waals surface area contributed by atoms with Gasteiger partial charge in [-0.05, 0) is 54.5 Å². The van der Waals surface area contributed by atoms with Crippen LogP contribution in [0, 0.1) is 0 Å². The molecule has 0 spiro atoms. The van der Waals surface area contributed by atoms with E-state index in [0.717, 1.165) is 22.3 Å². The van der Waals surface area contributed by atoms with Crippen LogP contribution in [0.1, 0.15) is 43.7 Å². The van der Waals surface area contributed by atoms with Crippen LogP contribution in [-0.4, -0.2) is 65.2 Å². The molecule has 0 heterocycles. The predicted octanol–water partition coefficient (Wildman–Crippen LogP) is 4.36. The van der Waals surface area contributed by atoms with Gasteiger partial charge < -0.3 is 20.1 Å². The summed E-state index contributed by atoms with van der Waals surface area (Å²) in [5, 5.41) is 11.9. The Kier molecular flexibility index (Phi) is 8.98. The number of nitrogens with one attached hydrogen (secondary N) is 1. The number of ether oxygens (including phenoxy) is 1. The predicted molar refractivity (Wildman–Crippen MR) is 134 cm³/mol. The maximum atomic E-state index is 13.2. The zero-order valence-electron chi connectivity index (χ0n) is 19.8. The number of carbonyl (C=O) groups is 3. The summed E-state index contributed by atoms with van der Waals surface area (Å²) in [4.78, 5) is 38.6. The third-order valence-electron chi connectivity index (χ3n) is 6.17. The van der Waals surface area contributed by atoms with Gasteiger partial charge in [0.05, 0.1) is 6.42 Å². The molecule has 0 saturated carbocycles. The summed E-state index contributed by atoms with van der Waals surface area (Å²) >= 11 is 1.57. The first kappa shape index (κ1) is 25.6. The van der Waals surface area contributed by atoms with E-state index in [4.69, 9.17) is 9.84 Å². The van der Waals surface area contributed by atoms with Crippen molar-refractivity contribution in [1.82, 2.24) is 10.2 Å². The number of nitrogens with zero attached hydrogens (tertiary/aromatic N) is 1. The van der Waals surface area contributed by atoms with Gasteiger partial charge in [-0.3, -0.25) is 9.59 Å². The van der Waals surface area contributed by atoms with Crippen molar-refractivity contribution >= 4 is 29.7 Å². The Morgan fingerprint density at radius 2 is 1.68 bits per heavy atom. The lowest BCUT2D eigenvalue weighted by atomic mass is 9.98. The number of hydrogen-bond acceptors (Lipinski definition) is 5. The van der Waals surface area contributed by atoms with Crippen molar-refractivity contribution in [3.8, 4) is 11.1 Å². The standard InChI is InChI=1S/C26H32N2O5S/c1-4-28(17(2)15-24(29)30)25(31)23(13-14-34-3)27-26(32)33-16-22-20-11-7-5-9-18(20)19-10-6-8-12-21(19)22/h5-12,17,22-23H,4,13-16H2,1-3H3,(H,27,32)(H,29,30). The molecule has 182 valence electrons. The highest BCUT2D eigenvalue weighted by molar-refractivity contribution is 7.98. The summed E-state index contributed by atoms with van der Waals surface area (Å²) in [6.07, 6.45) is 1.56. The van der Waals surface area contributed by atoms with Crippen LogP contribution >= 0.6 is 11.8 Å². The third-order valence-corrected chi connectivity index (χ3v) is 6.81. The molecule has 0 aliphatic heterocycles. The van der Waals surface area contributed by atoms with Crippen molar-refractivity contribution in [3.05, 3.63) is 59.7 Å². The topological polar surface area (TPSA) is 95.9 Å². The molecule has 0 aromatic heterocycles. The van der Waals surface area contributed by atoms with Gasteiger partial charge in [0, 0.05) is 18.5 Å². The van der Waals surface area contributed by atoms with Gasteiger partial charge in [-0.15, -0.1) is 0 Å². The van der Waals surface area contributed by atoms with Crippen LogP contribution < -0.4 is 5.32 Å². The van der Waals surface area contributed by atoms with Crippen LogP contribution in [0.3, 0.4) is 0 Å². The van der Waals surface area contributed by atoms with E-state index in [-0.39, 0.29) is 24.9 Å². The van der Waals surface area contributed by atoms with Crippen molar-refractivity contribution in [3.63, 3.8) is 0 Å². The molecule has 0 radical (unpaired) electrons. The SMILES string of the molecule is CCN(C(=O)C(CCSC)NC(=O)OCC1c2ccccc2-c2ccccc21)C(C)CC(=O)O. The van der Waals surface area contributed by atoms with Gasteiger partial charge in [-0.2, -0.15) is 11.8 Å².